The van der Waals surface area contributed by atoms with Crippen molar-refractivity contribution in [1.29, 1.82) is 0 Å². The van der Waals surface area contributed by atoms with Gasteiger partial charge in [-0.1, -0.05) is 12.1 Å². The Balaban J connectivity index is -0.000000139. The number of nitrogens with two attached hydrogens (primary N) is 1. The Morgan fingerprint density at radius 3 is 1.27 bits per heavy atom. The van der Waals surface area contributed by atoms with Crippen LogP contribution in [-0.2, 0) is 30.5 Å². The van der Waals surface area contributed by atoms with Crippen LogP contribution in [0.25, 0.3) is 0 Å². The highest BCUT2D eigenvalue weighted by Gasteiger charge is 2.03. The van der Waals surface area contributed by atoms with Crippen molar-refractivity contribution in [3.05, 3.63) is 39.9 Å². The number of nitrogens with zero attached hydrogens (tertiary/aromatic N) is 1. The number of nitro groups is 1. The van der Waals surface area contributed by atoms with Gasteiger partial charge in [0.05, 0.1) is 4.92 Å². The molecule has 1 aromatic carbocycles. The zero-order chi connectivity index (χ0) is 30.4. The van der Waals surface area contributed by atoms with Crippen LogP contribution in [0.15, 0.2) is 24.3 Å². The fraction of sp³-hybridized carbons (Fsp3) is 0.476. The van der Waals surface area contributed by atoms with Crippen LogP contribution in [0.5, 0.6) is 0 Å². The maximum atomic E-state index is 10.4. The molecule has 9 N–H and O–H groups in total. The van der Waals surface area contributed by atoms with Crippen LogP contribution in [-0.4, -0.2) is 86.5 Å². The minimum absolute atomic E-state index is 0.123. The number of nitrogens with one attached hydrogen (secondary N) is 2. The van der Waals surface area contributed by atoms with Crippen LogP contribution in [0.3, 0.4) is 0 Å². The molecule has 0 aromatic heterocycles. The van der Waals surface area contributed by atoms with Gasteiger partial charge in [0.2, 0.25) is 0 Å². The van der Waals surface area contributed by atoms with Crippen molar-refractivity contribution in [2.24, 2.45) is 5.73 Å². The first kappa shape index (κ1) is 43.0. The highest BCUT2D eigenvalue weighted by atomic mass is 16.6. The summed E-state index contributed by atoms with van der Waals surface area (Å²) >= 11 is 0. The third-order valence-electron chi connectivity index (χ3n) is 2.28. The lowest BCUT2D eigenvalue weighted by atomic mass is 10.2. The molecule has 214 valence electrons. The maximum Gasteiger partial charge on any atom is 0.300 e. The van der Waals surface area contributed by atoms with E-state index < -0.39 is 34.8 Å². The lowest BCUT2D eigenvalue weighted by Crippen LogP contribution is -2.30. The summed E-state index contributed by atoms with van der Waals surface area (Å²) in [5.74, 6) is -4.17. The third-order valence-corrected chi connectivity index (χ3v) is 2.28. The van der Waals surface area contributed by atoms with Gasteiger partial charge < -0.3 is 41.9 Å². The maximum absolute atomic E-state index is 10.4. The SMILES string of the molecule is CC(=O)O.CC(=O)O.CC(=O)O.CC(=O)O.CC(=O)O.NCCNCCNCc1ccc([N+](=O)[O-])cc1. The molecule has 0 aliphatic carbocycles. The fourth-order valence-corrected chi connectivity index (χ4v) is 1.37. The number of hydrogen-bond acceptors (Lipinski definition) is 10. The van der Waals surface area contributed by atoms with E-state index in [0.29, 0.717) is 13.1 Å². The first-order valence-electron chi connectivity index (χ1n) is 10.2. The molecule has 37 heavy (non-hydrogen) atoms. The lowest BCUT2D eigenvalue weighted by molar-refractivity contribution is -0.384. The number of carbonyl (C=O) groups is 5. The first-order chi connectivity index (χ1) is 16.9. The van der Waals surface area contributed by atoms with Crippen LogP contribution >= 0.6 is 0 Å². The van der Waals surface area contributed by atoms with Gasteiger partial charge in [0.1, 0.15) is 0 Å². The molecule has 16 heteroatoms. The second-order valence-corrected chi connectivity index (χ2v) is 6.23. The van der Waals surface area contributed by atoms with E-state index in [-0.39, 0.29) is 5.69 Å². The number of carboxylic acid groups (broad SMARTS) is 5. The molecule has 0 aliphatic heterocycles. The smallest absolute Gasteiger partial charge is 0.300 e. The molecule has 0 saturated heterocycles. The number of aliphatic carboxylic acids is 5. The predicted octanol–water partition coefficient (Wildman–Crippen LogP) is 0.687. The molecule has 1 aromatic rings. The molecule has 0 fully saturated rings. The molecule has 0 heterocycles. The van der Waals surface area contributed by atoms with Gasteiger partial charge in [-0.2, -0.15) is 0 Å². The minimum Gasteiger partial charge on any atom is -0.481 e. The average molecular weight is 539 g/mol. The standard InChI is InChI=1S/C11H18N4O2.5C2H4O2/c12-5-6-13-7-8-14-9-10-1-3-11(4-2-10)15(16)17;5*1-2(3)4/h1-4,13-14H,5-9,12H2;5*1H3,(H,3,4). The van der Waals surface area contributed by atoms with Gasteiger partial charge in [-0.05, 0) is 5.56 Å². The van der Waals surface area contributed by atoms with Crippen LogP contribution < -0.4 is 16.4 Å². The van der Waals surface area contributed by atoms with Crippen LogP contribution in [0.4, 0.5) is 5.69 Å². The van der Waals surface area contributed by atoms with E-state index in [1.54, 1.807) is 12.1 Å². The first-order valence-corrected chi connectivity index (χ1v) is 10.2. The van der Waals surface area contributed by atoms with Gasteiger partial charge in [0.15, 0.2) is 0 Å². The Kier molecular flexibility index (Phi) is 37.0. The van der Waals surface area contributed by atoms with Crippen LogP contribution in [0.1, 0.15) is 40.2 Å². The summed E-state index contributed by atoms with van der Waals surface area (Å²) in [6.07, 6.45) is 0. The highest BCUT2D eigenvalue weighted by Crippen LogP contribution is 2.11. The predicted molar refractivity (Wildman–Crippen MR) is 133 cm³/mol. The van der Waals surface area contributed by atoms with Crippen molar-refractivity contribution in [3.8, 4) is 0 Å². The Morgan fingerprint density at radius 2 is 1.00 bits per heavy atom. The van der Waals surface area contributed by atoms with Gasteiger partial charge in [-0.25, -0.2) is 0 Å². The average Bonchev–Trinajstić information content (AvgIpc) is 2.69. The van der Waals surface area contributed by atoms with E-state index in [1.165, 1.54) is 12.1 Å². The molecule has 0 amide bonds. The van der Waals surface area contributed by atoms with Crippen molar-refractivity contribution in [2.75, 3.05) is 26.2 Å². The van der Waals surface area contributed by atoms with Gasteiger partial charge in [-0.3, -0.25) is 34.1 Å². The summed E-state index contributed by atoms with van der Waals surface area (Å²) in [6.45, 7) is 9.30. The number of rotatable bonds is 8. The normalized spacial score (nSPS) is 8.16. The van der Waals surface area contributed by atoms with E-state index in [0.717, 1.165) is 59.8 Å². The largest absolute Gasteiger partial charge is 0.481 e. The quantitative estimate of drug-likeness (QED) is 0.128. The zero-order valence-corrected chi connectivity index (χ0v) is 21.5. The fourth-order valence-electron chi connectivity index (χ4n) is 1.37. The molecule has 0 saturated carbocycles. The molecule has 0 spiro atoms. The van der Waals surface area contributed by atoms with Crippen molar-refractivity contribution >= 4 is 35.5 Å². The summed E-state index contributed by atoms with van der Waals surface area (Å²) in [6, 6.07) is 6.56. The highest BCUT2D eigenvalue weighted by molar-refractivity contribution is 5.63. The van der Waals surface area contributed by atoms with Crippen LogP contribution in [0, 0.1) is 10.1 Å². The Labute approximate surface area is 214 Å². The van der Waals surface area contributed by atoms with Gasteiger partial charge in [0, 0.05) is 79.5 Å². The van der Waals surface area contributed by atoms with Crippen molar-refractivity contribution in [3.63, 3.8) is 0 Å². The summed E-state index contributed by atoms with van der Waals surface area (Å²) < 4.78 is 0. The second-order valence-electron chi connectivity index (χ2n) is 6.23. The van der Waals surface area contributed by atoms with Crippen molar-refractivity contribution in [2.45, 2.75) is 41.2 Å². The molecule has 0 aliphatic rings. The number of non-ortho nitro benzene ring substituents is 1. The molecular formula is C21H38N4O12. The third kappa shape index (κ3) is 89.1. The Bertz CT molecular complexity index is 682. The minimum atomic E-state index is -0.833. The van der Waals surface area contributed by atoms with Crippen molar-refractivity contribution < 1.29 is 54.4 Å². The summed E-state index contributed by atoms with van der Waals surface area (Å²) in [5.41, 5.74) is 6.49. The number of benzene rings is 1. The summed E-state index contributed by atoms with van der Waals surface area (Å²) in [7, 11) is 0. The molecule has 0 atom stereocenters. The van der Waals surface area contributed by atoms with Crippen molar-refractivity contribution in [1.82, 2.24) is 10.6 Å². The molecule has 1 rings (SSSR count). The van der Waals surface area contributed by atoms with Crippen LogP contribution in [0.2, 0.25) is 0 Å². The number of carboxylic acids is 5. The Morgan fingerprint density at radius 1 is 0.703 bits per heavy atom. The molecule has 0 radical (unpaired) electrons. The topological polar surface area (TPSA) is 280 Å². The van der Waals surface area contributed by atoms with Gasteiger partial charge in [-0.15, -0.1) is 0 Å². The number of hydrogen-bond donors (Lipinski definition) is 8. The van der Waals surface area contributed by atoms with Gasteiger partial charge >= 0.3 is 0 Å². The molecular weight excluding hydrogens is 500 g/mol. The second kappa shape index (κ2) is 31.9. The lowest BCUT2D eigenvalue weighted by Gasteiger charge is -2.05. The summed E-state index contributed by atoms with van der Waals surface area (Å²) in [5, 5.41) is 53.9. The van der Waals surface area contributed by atoms with E-state index in [2.05, 4.69) is 10.6 Å². The molecule has 16 nitrogen and oxygen atoms in total. The van der Waals surface area contributed by atoms with E-state index in [9.17, 15) is 10.1 Å². The molecule has 0 bridgehead atoms. The van der Waals surface area contributed by atoms with E-state index in [4.69, 9.17) is 55.2 Å². The zero-order valence-electron chi connectivity index (χ0n) is 21.5. The summed E-state index contributed by atoms with van der Waals surface area (Å²) in [4.78, 5) is 55.0. The van der Waals surface area contributed by atoms with E-state index in [1.807, 2.05) is 0 Å². The number of nitro benzene ring substituents is 1. The molecule has 0 unspecified atom stereocenters. The van der Waals surface area contributed by atoms with Gasteiger partial charge in [0.25, 0.3) is 35.5 Å². The Hall–Kier alpha value is -4.15. The monoisotopic (exact) mass is 538 g/mol. The van der Waals surface area contributed by atoms with E-state index >= 15 is 0 Å².